The van der Waals surface area contributed by atoms with Gasteiger partial charge < -0.3 is 35.2 Å². The number of likely N-dealkylation sites (N-methyl/N-ethyl adjacent to an activating group) is 2. The van der Waals surface area contributed by atoms with E-state index in [1.807, 2.05) is 56.4 Å². The molecule has 3 N–H and O–H groups in total. The fourth-order valence-electron chi connectivity index (χ4n) is 4.32. The predicted octanol–water partition coefficient (Wildman–Crippen LogP) is 5.91. The fourth-order valence-corrected chi connectivity index (χ4v) is 4.32. The number of para-hydroxylation sites is 2. The molecule has 0 bridgehead atoms. The molecule has 224 valence electrons. The Hall–Kier alpha value is -5.16. The first-order valence-corrected chi connectivity index (χ1v) is 13.5. The molecule has 43 heavy (non-hydrogen) atoms. The minimum Gasteiger partial charge on any atom is -0.496 e. The van der Waals surface area contributed by atoms with Crippen LogP contribution >= 0.6 is 0 Å². The number of amides is 1. The number of aromatic nitrogens is 2. The first-order valence-electron chi connectivity index (χ1n) is 13.5. The summed E-state index contributed by atoms with van der Waals surface area (Å²) < 4.78 is 25.9. The Labute approximate surface area is 251 Å². The number of benzene rings is 3. The molecule has 10 nitrogen and oxygen atoms in total. The standard InChI is InChI=1S/C32H36FN7O3/c1-7-30(41)35-25-18-26(29(43-6)19-27(25)40(4)17-16-39(2)3)37-32-34-20-22(21-12-8-11-15-28(21)42-5)31(38-32)36-24-14-10-9-13-23(24)33/h7-15,18-20H,1,16-17H2,2-6H3,(H,35,41)(H2,34,36,37,38). The van der Waals surface area contributed by atoms with Crippen LogP contribution in [0, 0.1) is 5.82 Å². The molecule has 1 heterocycles. The molecule has 0 aliphatic rings. The third kappa shape index (κ3) is 7.57. The molecule has 0 atom stereocenters. The Kier molecular flexibility index (Phi) is 10.1. The number of carbonyl (C=O) groups excluding carboxylic acids is 1. The van der Waals surface area contributed by atoms with Gasteiger partial charge in [-0.25, -0.2) is 9.37 Å². The number of anilines is 6. The van der Waals surface area contributed by atoms with Crippen molar-refractivity contribution in [1.82, 2.24) is 14.9 Å². The summed E-state index contributed by atoms with van der Waals surface area (Å²) in [5.74, 6) is 0.898. The van der Waals surface area contributed by atoms with Gasteiger partial charge in [-0.1, -0.05) is 36.9 Å². The fraction of sp³-hybridized carbons (Fsp3) is 0.219. The molecule has 0 fully saturated rings. The number of nitrogens with zero attached hydrogens (tertiary/aromatic N) is 4. The normalized spacial score (nSPS) is 10.7. The summed E-state index contributed by atoms with van der Waals surface area (Å²) in [5.41, 5.74) is 3.40. The summed E-state index contributed by atoms with van der Waals surface area (Å²) in [5, 5.41) is 9.19. The lowest BCUT2D eigenvalue weighted by Gasteiger charge is -2.26. The molecule has 0 saturated heterocycles. The van der Waals surface area contributed by atoms with Crippen molar-refractivity contribution >= 4 is 40.4 Å². The minimum atomic E-state index is -0.431. The highest BCUT2D eigenvalue weighted by atomic mass is 19.1. The molecular weight excluding hydrogens is 549 g/mol. The molecular formula is C32H36FN7O3. The third-order valence-corrected chi connectivity index (χ3v) is 6.61. The van der Waals surface area contributed by atoms with Crippen LogP contribution in [0.15, 0.2) is 79.5 Å². The van der Waals surface area contributed by atoms with E-state index >= 15 is 0 Å². The molecule has 4 aromatic rings. The van der Waals surface area contributed by atoms with Gasteiger partial charge in [-0.05, 0) is 44.4 Å². The van der Waals surface area contributed by atoms with Crippen LogP contribution in [0.2, 0.25) is 0 Å². The van der Waals surface area contributed by atoms with E-state index in [9.17, 15) is 9.18 Å². The van der Waals surface area contributed by atoms with Gasteiger partial charge in [-0.3, -0.25) is 4.79 Å². The molecule has 11 heteroatoms. The zero-order valence-corrected chi connectivity index (χ0v) is 24.9. The van der Waals surface area contributed by atoms with E-state index in [-0.39, 0.29) is 17.5 Å². The Morgan fingerprint density at radius 1 is 0.907 bits per heavy atom. The Bertz CT molecular complexity index is 1600. The average molecular weight is 586 g/mol. The van der Waals surface area contributed by atoms with Crippen LogP contribution < -0.4 is 30.3 Å². The van der Waals surface area contributed by atoms with Crippen molar-refractivity contribution in [3.05, 3.63) is 85.3 Å². The summed E-state index contributed by atoms with van der Waals surface area (Å²) in [7, 11) is 9.07. The van der Waals surface area contributed by atoms with Crippen LogP contribution in [0.1, 0.15) is 0 Å². The van der Waals surface area contributed by atoms with E-state index in [0.717, 1.165) is 17.8 Å². The number of carbonyl (C=O) groups is 1. The second-order valence-electron chi connectivity index (χ2n) is 9.87. The largest absolute Gasteiger partial charge is 0.496 e. The Balaban J connectivity index is 1.78. The van der Waals surface area contributed by atoms with Crippen molar-refractivity contribution in [2.75, 3.05) is 69.3 Å². The highest BCUT2D eigenvalue weighted by molar-refractivity contribution is 6.02. The van der Waals surface area contributed by atoms with Crippen molar-refractivity contribution in [3.63, 3.8) is 0 Å². The smallest absolute Gasteiger partial charge is 0.247 e. The highest BCUT2D eigenvalue weighted by Crippen LogP contribution is 2.39. The van der Waals surface area contributed by atoms with Crippen LogP contribution in [0.4, 0.5) is 38.9 Å². The number of hydrogen-bond donors (Lipinski definition) is 3. The zero-order chi connectivity index (χ0) is 30.9. The van der Waals surface area contributed by atoms with Crippen molar-refractivity contribution in [3.8, 4) is 22.6 Å². The van der Waals surface area contributed by atoms with E-state index in [0.29, 0.717) is 40.8 Å². The molecule has 0 unspecified atom stereocenters. The highest BCUT2D eigenvalue weighted by Gasteiger charge is 2.19. The van der Waals surface area contributed by atoms with Crippen LogP contribution in [0.5, 0.6) is 11.5 Å². The van der Waals surface area contributed by atoms with Gasteiger partial charge in [0.1, 0.15) is 23.1 Å². The van der Waals surface area contributed by atoms with Gasteiger partial charge in [0.15, 0.2) is 0 Å². The van der Waals surface area contributed by atoms with Gasteiger partial charge in [-0.15, -0.1) is 0 Å². The second kappa shape index (κ2) is 14.1. The van der Waals surface area contributed by atoms with Gasteiger partial charge in [0.2, 0.25) is 11.9 Å². The molecule has 1 aromatic heterocycles. The van der Waals surface area contributed by atoms with Crippen molar-refractivity contribution in [1.29, 1.82) is 0 Å². The molecule has 0 radical (unpaired) electrons. The topological polar surface area (TPSA) is 104 Å². The first-order chi connectivity index (χ1) is 20.7. The Morgan fingerprint density at radius 3 is 2.33 bits per heavy atom. The average Bonchev–Trinajstić information content (AvgIpc) is 3.01. The van der Waals surface area contributed by atoms with Crippen LogP contribution in [0.25, 0.3) is 11.1 Å². The predicted molar refractivity (Wildman–Crippen MR) is 171 cm³/mol. The molecule has 1 amide bonds. The van der Waals surface area contributed by atoms with E-state index in [1.54, 1.807) is 44.7 Å². The van der Waals surface area contributed by atoms with Crippen molar-refractivity contribution < 1.29 is 18.7 Å². The molecule has 0 aliphatic carbocycles. The van der Waals surface area contributed by atoms with Crippen molar-refractivity contribution in [2.45, 2.75) is 0 Å². The summed E-state index contributed by atoms with van der Waals surface area (Å²) in [6.07, 6.45) is 2.84. The summed E-state index contributed by atoms with van der Waals surface area (Å²) >= 11 is 0. The Morgan fingerprint density at radius 2 is 1.63 bits per heavy atom. The third-order valence-electron chi connectivity index (χ3n) is 6.61. The molecule has 0 spiro atoms. The lowest BCUT2D eigenvalue weighted by molar-refractivity contribution is -0.111. The van der Waals surface area contributed by atoms with E-state index in [4.69, 9.17) is 14.5 Å². The monoisotopic (exact) mass is 585 g/mol. The van der Waals surface area contributed by atoms with Gasteiger partial charge in [0, 0.05) is 43.5 Å². The molecule has 3 aromatic carbocycles. The molecule has 0 saturated carbocycles. The molecule has 4 rings (SSSR count). The van der Waals surface area contributed by atoms with Crippen LogP contribution in [-0.4, -0.2) is 69.2 Å². The van der Waals surface area contributed by atoms with Gasteiger partial charge in [0.05, 0.1) is 37.0 Å². The summed E-state index contributed by atoms with van der Waals surface area (Å²) in [6, 6.07) is 17.4. The maximum Gasteiger partial charge on any atom is 0.247 e. The van der Waals surface area contributed by atoms with E-state index in [1.165, 1.54) is 12.1 Å². The SMILES string of the molecule is C=CC(=O)Nc1cc(Nc2ncc(-c3ccccc3OC)c(Nc3ccccc3F)n2)c(OC)cc1N(C)CCN(C)C. The number of methoxy groups -OCH3 is 2. The number of nitrogens with one attached hydrogen (secondary N) is 3. The first kappa shape index (κ1) is 30.8. The number of hydrogen-bond acceptors (Lipinski definition) is 9. The maximum absolute atomic E-state index is 14.7. The van der Waals surface area contributed by atoms with E-state index < -0.39 is 5.82 Å². The quantitative estimate of drug-likeness (QED) is 0.165. The van der Waals surface area contributed by atoms with E-state index in [2.05, 4.69) is 32.4 Å². The van der Waals surface area contributed by atoms with Crippen LogP contribution in [0.3, 0.4) is 0 Å². The molecule has 0 aliphatic heterocycles. The van der Waals surface area contributed by atoms with Gasteiger partial charge in [-0.2, -0.15) is 4.98 Å². The summed E-state index contributed by atoms with van der Waals surface area (Å²) in [4.78, 5) is 25.7. The number of rotatable bonds is 13. The number of halogens is 1. The van der Waals surface area contributed by atoms with Crippen molar-refractivity contribution in [2.24, 2.45) is 0 Å². The zero-order valence-electron chi connectivity index (χ0n) is 24.9. The summed E-state index contributed by atoms with van der Waals surface area (Å²) in [6.45, 7) is 5.09. The second-order valence-corrected chi connectivity index (χ2v) is 9.87. The number of ether oxygens (including phenoxy) is 2. The lowest BCUT2D eigenvalue weighted by Crippen LogP contribution is -2.29. The maximum atomic E-state index is 14.7. The van der Waals surface area contributed by atoms with Gasteiger partial charge in [0.25, 0.3) is 0 Å². The van der Waals surface area contributed by atoms with Gasteiger partial charge >= 0.3 is 0 Å². The minimum absolute atomic E-state index is 0.213. The van der Waals surface area contributed by atoms with Crippen LogP contribution in [-0.2, 0) is 4.79 Å². The lowest BCUT2D eigenvalue weighted by atomic mass is 10.1.